The first-order chi connectivity index (χ1) is 16.9. The average molecular weight is 495 g/mol. The SMILES string of the molecule is COc1ccc2c(CC(=O)OC(C(=O)Nc3ccc([N+](=O)[O-])cc3Cl)c3ccccc3)coc2c1. The first-order valence-corrected chi connectivity index (χ1v) is 10.8. The molecule has 1 amide bonds. The zero-order valence-electron chi connectivity index (χ0n) is 18.4. The van der Waals surface area contributed by atoms with Crippen LogP contribution in [0.25, 0.3) is 11.0 Å². The molecular weight excluding hydrogens is 476 g/mol. The number of furan rings is 1. The molecule has 0 fully saturated rings. The van der Waals surface area contributed by atoms with Crippen molar-refractivity contribution in [3.05, 3.63) is 99.3 Å². The molecule has 1 atom stereocenters. The minimum atomic E-state index is -1.28. The number of benzene rings is 3. The van der Waals surface area contributed by atoms with E-state index in [1.807, 2.05) is 0 Å². The lowest BCUT2D eigenvalue weighted by Gasteiger charge is -2.18. The number of carbonyl (C=O) groups is 2. The van der Waals surface area contributed by atoms with Gasteiger partial charge in [0.15, 0.2) is 0 Å². The highest BCUT2D eigenvalue weighted by atomic mass is 35.5. The average Bonchev–Trinajstić information content (AvgIpc) is 3.25. The van der Waals surface area contributed by atoms with Crippen LogP contribution in [0.4, 0.5) is 11.4 Å². The number of hydrogen-bond donors (Lipinski definition) is 1. The van der Waals surface area contributed by atoms with Gasteiger partial charge in [-0.2, -0.15) is 0 Å². The number of methoxy groups -OCH3 is 1. The summed E-state index contributed by atoms with van der Waals surface area (Å²) in [5.41, 5.74) is 1.52. The molecule has 0 aliphatic carbocycles. The Balaban J connectivity index is 1.54. The molecule has 3 aromatic carbocycles. The number of nitro groups is 1. The van der Waals surface area contributed by atoms with Crippen LogP contribution in [0.2, 0.25) is 5.02 Å². The summed E-state index contributed by atoms with van der Waals surface area (Å²) in [5.74, 6) is -0.698. The highest BCUT2D eigenvalue weighted by Crippen LogP contribution is 2.30. The van der Waals surface area contributed by atoms with E-state index >= 15 is 0 Å². The minimum absolute atomic E-state index is 0.0222. The summed E-state index contributed by atoms with van der Waals surface area (Å²) in [7, 11) is 1.54. The molecule has 1 heterocycles. The fourth-order valence-electron chi connectivity index (χ4n) is 3.47. The number of ether oxygens (including phenoxy) is 2. The van der Waals surface area contributed by atoms with Crippen molar-refractivity contribution in [2.75, 3.05) is 12.4 Å². The third-order valence-electron chi connectivity index (χ3n) is 5.21. The lowest BCUT2D eigenvalue weighted by molar-refractivity contribution is -0.384. The van der Waals surface area contributed by atoms with E-state index in [4.69, 9.17) is 25.5 Å². The topological polar surface area (TPSA) is 121 Å². The number of carbonyl (C=O) groups excluding carboxylic acids is 2. The largest absolute Gasteiger partial charge is 0.497 e. The van der Waals surface area contributed by atoms with E-state index in [0.717, 1.165) is 11.5 Å². The summed E-state index contributed by atoms with van der Waals surface area (Å²) < 4.78 is 16.3. The molecule has 1 aromatic heterocycles. The zero-order valence-corrected chi connectivity index (χ0v) is 19.2. The van der Waals surface area contributed by atoms with Gasteiger partial charge in [-0.1, -0.05) is 41.9 Å². The molecule has 0 spiro atoms. The number of non-ortho nitro benzene ring substituents is 1. The number of nitrogens with zero attached hydrogens (tertiary/aromatic N) is 1. The minimum Gasteiger partial charge on any atom is -0.497 e. The molecule has 0 radical (unpaired) electrons. The van der Waals surface area contributed by atoms with E-state index in [1.54, 1.807) is 55.6 Å². The molecule has 4 rings (SSSR count). The number of hydrogen-bond acceptors (Lipinski definition) is 7. The fourth-order valence-corrected chi connectivity index (χ4v) is 3.70. The lowest BCUT2D eigenvalue weighted by Crippen LogP contribution is -2.26. The van der Waals surface area contributed by atoms with Gasteiger partial charge in [-0.25, -0.2) is 0 Å². The Bertz CT molecular complexity index is 1400. The molecule has 0 saturated carbocycles. The van der Waals surface area contributed by atoms with Crippen molar-refractivity contribution in [2.24, 2.45) is 0 Å². The van der Waals surface area contributed by atoms with E-state index in [9.17, 15) is 19.7 Å². The fraction of sp³-hybridized carbons (Fsp3) is 0.120. The van der Waals surface area contributed by atoms with Crippen LogP contribution in [0.15, 0.2) is 77.4 Å². The Hall–Kier alpha value is -4.37. The molecular formula is C25H19ClN2O7. The molecule has 1 unspecified atom stereocenters. The summed E-state index contributed by atoms with van der Waals surface area (Å²) >= 11 is 6.10. The highest BCUT2D eigenvalue weighted by molar-refractivity contribution is 6.34. The number of nitro benzene ring substituents is 1. The van der Waals surface area contributed by atoms with Crippen molar-refractivity contribution in [3.8, 4) is 5.75 Å². The van der Waals surface area contributed by atoms with Crippen LogP contribution in [0, 0.1) is 10.1 Å². The second kappa shape index (κ2) is 10.3. The monoisotopic (exact) mass is 494 g/mol. The molecule has 4 aromatic rings. The number of nitrogens with one attached hydrogen (secondary N) is 1. The van der Waals surface area contributed by atoms with Crippen LogP contribution < -0.4 is 10.1 Å². The Morgan fingerprint density at radius 1 is 1.11 bits per heavy atom. The lowest BCUT2D eigenvalue weighted by atomic mass is 10.1. The van der Waals surface area contributed by atoms with Gasteiger partial charge in [-0.15, -0.1) is 0 Å². The molecule has 178 valence electrons. The number of esters is 1. The van der Waals surface area contributed by atoms with Gasteiger partial charge in [-0.3, -0.25) is 19.7 Å². The predicted molar refractivity (Wildman–Crippen MR) is 128 cm³/mol. The normalized spacial score (nSPS) is 11.6. The van der Waals surface area contributed by atoms with Crippen molar-refractivity contribution >= 4 is 45.8 Å². The Kier molecular flexibility index (Phi) is 6.98. The number of fused-ring (bicyclic) bond motifs is 1. The van der Waals surface area contributed by atoms with Gasteiger partial charge in [0.25, 0.3) is 11.6 Å². The summed E-state index contributed by atoms with van der Waals surface area (Å²) in [4.78, 5) is 36.3. The maximum atomic E-state index is 13.1. The predicted octanol–water partition coefficient (Wildman–Crippen LogP) is 5.47. The molecule has 0 saturated heterocycles. The standard InChI is InChI=1S/C25H19ClN2O7/c1-33-18-8-9-19-16(14-34-22(19)13-18)11-23(29)35-24(15-5-3-2-4-6-15)25(30)27-21-10-7-17(28(31)32)12-20(21)26/h2-10,12-14,24H,11H2,1H3,(H,27,30). The van der Waals surface area contributed by atoms with Crippen molar-refractivity contribution in [3.63, 3.8) is 0 Å². The number of halogens is 1. The van der Waals surface area contributed by atoms with Crippen LogP contribution >= 0.6 is 11.6 Å². The quantitative estimate of drug-likeness (QED) is 0.196. The van der Waals surface area contributed by atoms with Crippen molar-refractivity contribution in [1.82, 2.24) is 0 Å². The number of anilines is 1. The smallest absolute Gasteiger partial charge is 0.311 e. The van der Waals surface area contributed by atoms with E-state index in [0.29, 0.717) is 22.5 Å². The van der Waals surface area contributed by atoms with Gasteiger partial charge in [0.1, 0.15) is 11.3 Å². The van der Waals surface area contributed by atoms with Crippen LogP contribution in [-0.2, 0) is 20.7 Å². The van der Waals surface area contributed by atoms with Gasteiger partial charge in [0.05, 0.1) is 35.4 Å². The first-order valence-electron chi connectivity index (χ1n) is 10.4. The molecule has 0 bridgehead atoms. The molecule has 9 nitrogen and oxygen atoms in total. The number of rotatable bonds is 8. The zero-order chi connectivity index (χ0) is 24.9. The van der Waals surface area contributed by atoms with Crippen LogP contribution in [0.3, 0.4) is 0 Å². The third kappa shape index (κ3) is 5.42. The molecule has 35 heavy (non-hydrogen) atoms. The van der Waals surface area contributed by atoms with Gasteiger partial charge < -0.3 is 19.2 Å². The summed E-state index contributed by atoms with van der Waals surface area (Å²) in [5, 5.41) is 14.2. The molecule has 0 aliphatic rings. The van der Waals surface area contributed by atoms with E-state index in [2.05, 4.69) is 5.32 Å². The Morgan fingerprint density at radius 2 is 1.89 bits per heavy atom. The third-order valence-corrected chi connectivity index (χ3v) is 5.52. The Labute approximate surface area is 204 Å². The summed E-state index contributed by atoms with van der Waals surface area (Å²) in [6.45, 7) is 0. The van der Waals surface area contributed by atoms with Gasteiger partial charge in [0.2, 0.25) is 6.10 Å². The molecule has 10 heteroatoms. The molecule has 1 N–H and O–H groups in total. The first kappa shape index (κ1) is 23.8. The highest BCUT2D eigenvalue weighted by Gasteiger charge is 2.26. The summed E-state index contributed by atoms with van der Waals surface area (Å²) in [6.07, 6.45) is 0.0432. The van der Waals surface area contributed by atoms with Crippen LogP contribution in [0.1, 0.15) is 17.2 Å². The maximum Gasteiger partial charge on any atom is 0.311 e. The molecule has 0 aliphatic heterocycles. The van der Waals surface area contributed by atoms with Gasteiger partial charge in [0, 0.05) is 34.7 Å². The van der Waals surface area contributed by atoms with E-state index in [1.165, 1.54) is 18.4 Å². The van der Waals surface area contributed by atoms with Crippen molar-refractivity contribution < 1.29 is 28.4 Å². The van der Waals surface area contributed by atoms with Crippen molar-refractivity contribution in [2.45, 2.75) is 12.5 Å². The van der Waals surface area contributed by atoms with E-state index < -0.39 is 22.9 Å². The van der Waals surface area contributed by atoms with Crippen molar-refractivity contribution in [1.29, 1.82) is 0 Å². The second-order valence-electron chi connectivity index (χ2n) is 7.49. The second-order valence-corrected chi connectivity index (χ2v) is 7.90. The van der Waals surface area contributed by atoms with Crippen LogP contribution in [-0.4, -0.2) is 23.9 Å². The van der Waals surface area contributed by atoms with E-state index in [-0.39, 0.29) is 22.8 Å². The van der Waals surface area contributed by atoms with Gasteiger partial charge in [-0.05, 0) is 18.2 Å². The van der Waals surface area contributed by atoms with Gasteiger partial charge >= 0.3 is 5.97 Å². The van der Waals surface area contributed by atoms with Crippen LogP contribution in [0.5, 0.6) is 5.75 Å². The maximum absolute atomic E-state index is 13.1. The summed E-state index contributed by atoms with van der Waals surface area (Å²) in [6, 6.07) is 17.4. The Morgan fingerprint density at radius 3 is 2.57 bits per heavy atom. The number of amides is 1.